The summed E-state index contributed by atoms with van der Waals surface area (Å²) in [5, 5.41) is 15.7. The van der Waals surface area contributed by atoms with Crippen molar-refractivity contribution in [3.63, 3.8) is 0 Å². The van der Waals surface area contributed by atoms with E-state index in [1.165, 1.54) is 0 Å². The van der Waals surface area contributed by atoms with Crippen molar-refractivity contribution in [3.8, 4) is 5.75 Å². The second-order valence-electron chi connectivity index (χ2n) is 6.21. The maximum Gasteiger partial charge on any atom is 0.319 e. The molecule has 128 valence electrons. The summed E-state index contributed by atoms with van der Waals surface area (Å²) in [5.41, 5.74) is 0.262. The highest BCUT2D eigenvalue weighted by Gasteiger charge is 2.47. The van der Waals surface area contributed by atoms with Gasteiger partial charge in [0.05, 0.1) is 17.7 Å². The molecule has 2 atom stereocenters. The lowest BCUT2D eigenvalue weighted by atomic mass is 9.65. The predicted octanol–water partition coefficient (Wildman–Crippen LogP) is 2.65. The molecular formula is C16H23ClN2O4. The average molecular weight is 343 g/mol. The summed E-state index contributed by atoms with van der Waals surface area (Å²) in [4.78, 5) is 12.0. The molecule has 0 aromatic heterocycles. The van der Waals surface area contributed by atoms with Crippen molar-refractivity contribution in [2.45, 2.75) is 32.4 Å². The lowest BCUT2D eigenvalue weighted by molar-refractivity contribution is -0.0673. The van der Waals surface area contributed by atoms with Crippen molar-refractivity contribution in [2.75, 3.05) is 25.6 Å². The van der Waals surface area contributed by atoms with Gasteiger partial charge in [-0.1, -0.05) is 25.4 Å². The SMILES string of the molecule is COCCOc1ccc(NC(=O)N[C@@H]2C[C@H](O)C2(C)C)cc1Cl. The van der Waals surface area contributed by atoms with E-state index in [4.69, 9.17) is 21.1 Å². The van der Waals surface area contributed by atoms with Gasteiger partial charge in [0.1, 0.15) is 12.4 Å². The Morgan fingerprint density at radius 2 is 2.17 bits per heavy atom. The highest BCUT2D eigenvalue weighted by molar-refractivity contribution is 6.32. The van der Waals surface area contributed by atoms with Crippen molar-refractivity contribution < 1.29 is 19.4 Å². The van der Waals surface area contributed by atoms with Gasteiger partial charge in [0.15, 0.2) is 0 Å². The van der Waals surface area contributed by atoms with E-state index in [2.05, 4.69) is 10.6 Å². The Hall–Kier alpha value is -1.50. The van der Waals surface area contributed by atoms with Crippen LogP contribution in [0.3, 0.4) is 0 Å². The van der Waals surface area contributed by atoms with Gasteiger partial charge in [0, 0.05) is 24.3 Å². The van der Waals surface area contributed by atoms with Crippen molar-refractivity contribution >= 4 is 23.3 Å². The molecular weight excluding hydrogens is 320 g/mol. The van der Waals surface area contributed by atoms with E-state index < -0.39 is 0 Å². The zero-order valence-electron chi connectivity index (χ0n) is 13.6. The van der Waals surface area contributed by atoms with Gasteiger partial charge >= 0.3 is 6.03 Å². The largest absolute Gasteiger partial charge is 0.490 e. The van der Waals surface area contributed by atoms with Crippen LogP contribution in [0.1, 0.15) is 20.3 Å². The van der Waals surface area contributed by atoms with Gasteiger partial charge in [-0.25, -0.2) is 4.79 Å². The fourth-order valence-corrected chi connectivity index (χ4v) is 2.64. The molecule has 1 aliphatic carbocycles. The molecule has 0 aliphatic heterocycles. The van der Waals surface area contributed by atoms with Crippen LogP contribution in [0.2, 0.25) is 5.02 Å². The molecule has 0 spiro atoms. The molecule has 1 aromatic carbocycles. The highest BCUT2D eigenvalue weighted by Crippen LogP contribution is 2.40. The van der Waals surface area contributed by atoms with E-state index in [9.17, 15) is 9.90 Å². The Morgan fingerprint density at radius 1 is 1.43 bits per heavy atom. The van der Waals surface area contributed by atoms with Crippen LogP contribution in [0, 0.1) is 5.41 Å². The lowest BCUT2D eigenvalue weighted by Gasteiger charge is -2.49. The Labute approximate surface area is 141 Å². The molecule has 0 saturated heterocycles. The third-order valence-electron chi connectivity index (χ3n) is 4.26. The number of methoxy groups -OCH3 is 1. The van der Waals surface area contributed by atoms with Crippen LogP contribution in [0.5, 0.6) is 5.75 Å². The molecule has 3 N–H and O–H groups in total. The number of amides is 2. The molecule has 6 nitrogen and oxygen atoms in total. The van der Waals surface area contributed by atoms with Crippen molar-refractivity contribution in [3.05, 3.63) is 23.2 Å². The van der Waals surface area contributed by atoms with Crippen LogP contribution in [-0.2, 0) is 4.74 Å². The van der Waals surface area contributed by atoms with E-state index in [-0.39, 0.29) is 23.6 Å². The first-order valence-electron chi connectivity index (χ1n) is 7.51. The van der Waals surface area contributed by atoms with E-state index >= 15 is 0 Å². The summed E-state index contributed by atoms with van der Waals surface area (Å²) in [7, 11) is 1.60. The molecule has 1 fully saturated rings. The van der Waals surface area contributed by atoms with Gasteiger partial charge in [-0.2, -0.15) is 0 Å². The second-order valence-corrected chi connectivity index (χ2v) is 6.62. The highest BCUT2D eigenvalue weighted by atomic mass is 35.5. The van der Waals surface area contributed by atoms with Gasteiger partial charge in [0.2, 0.25) is 0 Å². The third-order valence-corrected chi connectivity index (χ3v) is 4.55. The standard InChI is InChI=1S/C16H23ClN2O4/c1-16(2)13(9-14(16)20)19-15(21)18-10-4-5-12(11(17)8-10)23-7-6-22-3/h4-5,8,13-14,20H,6-7,9H2,1-3H3,(H2,18,19,21)/t13-,14+/m1/s1. The number of hydrogen-bond donors (Lipinski definition) is 3. The first-order valence-corrected chi connectivity index (χ1v) is 7.89. The normalized spacial score (nSPS) is 22.1. The van der Waals surface area contributed by atoms with Gasteiger partial charge in [0.25, 0.3) is 0 Å². The summed E-state index contributed by atoms with van der Waals surface area (Å²) in [6.07, 6.45) is 0.179. The number of carbonyl (C=O) groups excluding carboxylic acids is 1. The van der Waals surface area contributed by atoms with Gasteiger partial charge in [-0.05, 0) is 24.6 Å². The minimum Gasteiger partial charge on any atom is -0.490 e. The molecule has 1 aliphatic rings. The third kappa shape index (κ3) is 4.28. The molecule has 7 heteroatoms. The average Bonchev–Trinajstić information content (AvgIpc) is 2.49. The topological polar surface area (TPSA) is 79.8 Å². The zero-order chi connectivity index (χ0) is 17.0. The van der Waals surface area contributed by atoms with Gasteiger partial charge in [-0.15, -0.1) is 0 Å². The van der Waals surface area contributed by atoms with E-state index in [1.54, 1.807) is 25.3 Å². The number of hydrogen-bond acceptors (Lipinski definition) is 4. The number of aliphatic hydroxyl groups excluding tert-OH is 1. The molecule has 0 heterocycles. The van der Waals surface area contributed by atoms with E-state index in [1.807, 2.05) is 13.8 Å². The number of urea groups is 1. The van der Waals surface area contributed by atoms with Crippen LogP contribution in [0.15, 0.2) is 18.2 Å². The maximum atomic E-state index is 12.0. The summed E-state index contributed by atoms with van der Waals surface area (Å²) in [6.45, 7) is 4.73. The molecule has 2 amide bonds. The number of rotatable bonds is 6. The lowest BCUT2D eigenvalue weighted by Crippen LogP contribution is -2.61. The van der Waals surface area contributed by atoms with Crippen LogP contribution < -0.4 is 15.4 Å². The Kier molecular flexibility index (Phi) is 5.73. The first-order chi connectivity index (χ1) is 10.8. The number of anilines is 1. The van der Waals surface area contributed by atoms with Crippen molar-refractivity contribution in [1.82, 2.24) is 5.32 Å². The number of aliphatic hydroxyl groups is 1. The predicted molar refractivity (Wildman–Crippen MR) is 89.2 cm³/mol. The molecule has 0 radical (unpaired) electrons. The number of carbonyl (C=O) groups is 1. The number of halogens is 1. The maximum absolute atomic E-state index is 12.0. The number of benzene rings is 1. The van der Waals surface area contributed by atoms with Crippen molar-refractivity contribution in [2.24, 2.45) is 5.41 Å². The number of ether oxygens (including phenoxy) is 2. The monoisotopic (exact) mass is 342 g/mol. The summed E-state index contributed by atoms with van der Waals surface area (Å²) in [5.74, 6) is 0.540. The van der Waals surface area contributed by atoms with Crippen LogP contribution in [0.4, 0.5) is 10.5 Å². The fraction of sp³-hybridized carbons (Fsp3) is 0.562. The van der Waals surface area contributed by atoms with Gasteiger partial charge < -0.3 is 25.2 Å². The smallest absolute Gasteiger partial charge is 0.319 e. The molecule has 0 unspecified atom stereocenters. The van der Waals surface area contributed by atoms with Crippen molar-refractivity contribution in [1.29, 1.82) is 0 Å². The Bertz CT molecular complexity index is 565. The molecule has 23 heavy (non-hydrogen) atoms. The second kappa shape index (κ2) is 7.38. The molecule has 2 rings (SSSR count). The summed E-state index contributed by atoms with van der Waals surface area (Å²) in [6, 6.07) is 4.67. The van der Waals surface area contributed by atoms with Crippen LogP contribution in [0.25, 0.3) is 0 Å². The van der Waals surface area contributed by atoms with Crippen LogP contribution in [-0.4, -0.2) is 43.6 Å². The quantitative estimate of drug-likeness (QED) is 0.694. The molecule has 0 bridgehead atoms. The molecule has 1 saturated carbocycles. The minimum atomic E-state index is -0.384. The fourth-order valence-electron chi connectivity index (χ4n) is 2.40. The zero-order valence-corrected chi connectivity index (χ0v) is 14.3. The Balaban J connectivity index is 1.88. The number of nitrogens with one attached hydrogen (secondary N) is 2. The Morgan fingerprint density at radius 3 is 2.74 bits per heavy atom. The summed E-state index contributed by atoms with van der Waals surface area (Å²) < 4.78 is 10.4. The minimum absolute atomic E-state index is 0.0513. The molecule has 1 aromatic rings. The van der Waals surface area contributed by atoms with Gasteiger partial charge in [-0.3, -0.25) is 0 Å². The summed E-state index contributed by atoms with van der Waals surface area (Å²) >= 11 is 6.13. The van der Waals surface area contributed by atoms with Crippen LogP contribution >= 0.6 is 11.6 Å². The van der Waals surface area contributed by atoms with E-state index in [0.717, 1.165) is 0 Å². The first kappa shape index (κ1) is 17.8. The van der Waals surface area contributed by atoms with E-state index in [0.29, 0.717) is 36.1 Å².